The zero-order valence-corrected chi connectivity index (χ0v) is 11.7. The van der Waals surface area contributed by atoms with Gasteiger partial charge in [0.1, 0.15) is 11.4 Å². The van der Waals surface area contributed by atoms with E-state index in [9.17, 15) is 0 Å². The number of hydrogen-bond acceptors (Lipinski definition) is 2. The average molecular weight is 247 g/mol. The number of aryl methyl sites for hydroxylation is 1. The lowest BCUT2D eigenvalue weighted by Crippen LogP contribution is -2.45. The third-order valence-corrected chi connectivity index (χ3v) is 3.80. The lowest BCUT2D eigenvalue weighted by Gasteiger charge is -2.42. The fourth-order valence-corrected chi connectivity index (χ4v) is 2.45. The molecule has 1 N–H and O–H groups in total. The highest BCUT2D eigenvalue weighted by atomic mass is 16.5. The third kappa shape index (κ3) is 3.49. The summed E-state index contributed by atoms with van der Waals surface area (Å²) in [6.45, 7) is 6.49. The summed E-state index contributed by atoms with van der Waals surface area (Å²) in [5.41, 5.74) is 1.39. The van der Waals surface area contributed by atoms with Gasteiger partial charge in [-0.2, -0.15) is 0 Å². The van der Waals surface area contributed by atoms with E-state index < -0.39 is 0 Å². The van der Waals surface area contributed by atoms with E-state index >= 15 is 0 Å². The molecule has 1 aromatic rings. The van der Waals surface area contributed by atoms with Gasteiger partial charge in [0.25, 0.3) is 0 Å². The molecule has 0 heterocycles. The number of hydrogen-bond donors (Lipinski definition) is 1. The largest absolute Gasteiger partial charge is 0.487 e. The van der Waals surface area contributed by atoms with Gasteiger partial charge in [-0.05, 0) is 64.3 Å². The predicted octanol–water partition coefficient (Wildman–Crippen LogP) is 3.69. The molecule has 1 aliphatic rings. The normalized spacial score (nSPS) is 17.2. The fourth-order valence-electron chi connectivity index (χ4n) is 2.45. The van der Waals surface area contributed by atoms with E-state index in [-0.39, 0.29) is 5.60 Å². The minimum absolute atomic E-state index is 0.107. The average Bonchev–Trinajstić information content (AvgIpc) is 2.34. The van der Waals surface area contributed by atoms with Gasteiger partial charge in [0.2, 0.25) is 0 Å². The van der Waals surface area contributed by atoms with Crippen LogP contribution >= 0.6 is 0 Å². The summed E-state index contributed by atoms with van der Waals surface area (Å²) >= 11 is 0. The number of nitrogens with one attached hydrogen (secondary N) is 1. The maximum Gasteiger partial charge on any atom is 0.120 e. The fraction of sp³-hybridized carbons (Fsp3) is 0.625. The Kier molecular flexibility index (Phi) is 4.65. The molecule has 0 amide bonds. The Balaban J connectivity index is 1.85. The first kappa shape index (κ1) is 13.4. The topological polar surface area (TPSA) is 21.3 Å². The van der Waals surface area contributed by atoms with Crippen LogP contribution in [0.15, 0.2) is 24.3 Å². The van der Waals surface area contributed by atoms with Gasteiger partial charge in [0.15, 0.2) is 0 Å². The molecule has 0 atom stereocenters. The standard InChI is InChI=1S/C16H25NO/c1-3-12-17-13-11-16(9-4-10-16)18-15-7-5-14(2)6-8-15/h5-8,17H,3-4,9-13H2,1-2H3. The molecule has 0 bridgehead atoms. The van der Waals surface area contributed by atoms with E-state index in [1.54, 1.807) is 0 Å². The Hall–Kier alpha value is -1.02. The van der Waals surface area contributed by atoms with Crippen molar-refractivity contribution in [1.29, 1.82) is 0 Å². The molecule has 0 aliphatic heterocycles. The molecular formula is C16H25NO. The van der Waals surface area contributed by atoms with Crippen molar-refractivity contribution >= 4 is 0 Å². The van der Waals surface area contributed by atoms with Crippen molar-refractivity contribution in [3.05, 3.63) is 29.8 Å². The minimum Gasteiger partial charge on any atom is -0.487 e. The molecule has 1 aliphatic carbocycles. The van der Waals surface area contributed by atoms with Crippen LogP contribution < -0.4 is 10.1 Å². The molecular weight excluding hydrogens is 222 g/mol. The Bertz CT molecular complexity index is 354. The summed E-state index contributed by atoms with van der Waals surface area (Å²) in [6.07, 6.45) is 6.04. The third-order valence-electron chi connectivity index (χ3n) is 3.80. The van der Waals surface area contributed by atoms with Crippen molar-refractivity contribution in [3.8, 4) is 5.75 Å². The van der Waals surface area contributed by atoms with Crippen molar-refractivity contribution in [2.24, 2.45) is 0 Å². The second-order valence-electron chi connectivity index (χ2n) is 5.45. The van der Waals surface area contributed by atoms with E-state index in [0.717, 1.165) is 25.3 Å². The summed E-state index contributed by atoms with van der Waals surface area (Å²) in [5.74, 6) is 1.02. The van der Waals surface area contributed by atoms with Crippen molar-refractivity contribution < 1.29 is 4.74 Å². The van der Waals surface area contributed by atoms with Crippen LogP contribution in [0.25, 0.3) is 0 Å². The minimum atomic E-state index is 0.107. The summed E-state index contributed by atoms with van der Waals surface area (Å²) in [4.78, 5) is 0. The number of ether oxygens (including phenoxy) is 1. The summed E-state index contributed by atoms with van der Waals surface area (Å²) in [7, 11) is 0. The van der Waals surface area contributed by atoms with Crippen LogP contribution in [0.1, 0.15) is 44.6 Å². The SMILES string of the molecule is CCCNCCC1(Oc2ccc(C)cc2)CCC1. The Morgan fingerprint density at radius 3 is 2.44 bits per heavy atom. The van der Waals surface area contributed by atoms with Gasteiger partial charge in [-0.3, -0.25) is 0 Å². The first-order valence-corrected chi connectivity index (χ1v) is 7.20. The Morgan fingerprint density at radius 1 is 1.17 bits per heavy atom. The molecule has 2 rings (SSSR count). The second-order valence-corrected chi connectivity index (χ2v) is 5.45. The van der Waals surface area contributed by atoms with Crippen molar-refractivity contribution in [3.63, 3.8) is 0 Å². The molecule has 2 nitrogen and oxygen atoms in total. The van der Waals surface area contributed by atoms with Gasteiger partial charge < -0.3 is 10.1 Å². The molecule has 100 valence electrons. The zero-order chi connectivity index (χ0) is 12.8. The van der Waals surface area contributed by atoms with Gasteiger partial charge >= 0.3 is 0 Å². The van der Waals surface area contributed by atoms with Crippen molar-refractivity contribution in [2.75, 3.05) is 13.1 Å². The van der Waals surface area contributed by atoms with Gasteiger partial charge in [0.05, 0.1) is 0 Å². The van der Waals surface area contributed by atoms with E-state index in [1.807, 2.05) is 0 Å². The summed E-state index contributed by atoms with van der Waals surface area (Å²) in [6, 6.07) is 8.43. The lowest BCUT2D eigenvalue weighted by atomic mass is 9.77. The molecule has 0 saturated heterocycles. The van der Waals surface area contributed by atoms with Crippen LogP contribution in [-0.2, 0) is 0 Å². The molecule has 0 spiro atoms. The van der Waals surface area contributed by atoms with E-state index in [4.69, 9.17) is 4.74 Å². The summed E-state index contributed by atoms with van der Waals surface area (Å²) < 4.78 is 6.23. The summed E-state index contributed by atoms with van der Waals surface area (Å²) in [5, 5.41) is 3.47. The monoisotopic (exact) mass is 247 g/mol. The molecule has 1 aromatic carbocycles. The van der Waals surface area contributed by atoms with Crippen molar-refractivity contribution in [1.82, 2.24) is 5.32 Å². The first-order valence-electron chi connectivity index (χ1n) is 7.20. The smallest absolute Gasteiger partial charge is 0.120 e. The molecule has 0 unspecified atom stereocenters. The maximum absolute atomic E-state index is 6.23. The Labute approximate surface area is 111 Å². The van der Waals surface area contributed by atoms with Crippen molar-refractivity contribution in [2.45, 2.75) is 51.6 Å². The highest BCUT2D eigenvalue weighted by Gasteiger charge is 2.38. The van der Waals surface area contributed by atoms with E-state index in [0.29, 0.717) is 0 Å². The zero-order valence-electron chi connectivity index (χ0n) is 11.7. The van der Waals surface area contributed by atoms with Crippen LogP contribution in [0.4, 0.5) is 0 Å². The van der Waals surface area contributed by atoms with Crippen LogP contribution in [-0.4, -0.2) is 18.7 Å². The first-order chi connectivity index (χ1) is 8.74. The molecule has 1 fully saturated rings. The van der Waals surface area contributed by atoms with Gasteiger partial charge in [-0.15, -0.1) is 0 Å². The van der Waals surface area contributed by atoms with Gasteiger partial charge in [-0.1, -0.05) is 24.6 Å². The van der Waals surface area contributed by atoms with Crippen LogP contribution in [0.2, 0.25) is 0 Å². The number of rotatable bonds is 7. The van der Waals surface area contributed by atoms with Gasteiger partial charge in [-0.25, -0.2) is 0 Å². The second kappa shape index (κ2) is 6.24. The van der Waals surface area contributed by atoms with Crippen LogP contribution in [0.5, 0.6) is 5.75 Å². The number of benzene rings is 1. The maximum atomic E-state index is 6.23. The molecule has 0 radical (unpaired) electrons. The molecule has 1 saturated carbocycles. The molecule has 18 heavy (non-hydrogen) atoms. The van der Waals surface area contributed by atoms with E-state index in [2.05, 4.69) is 43.4 Å². The highest BCUT2D eigenvalue weighted by molar-refractivity contribution is 5.27. The quantitative estimate of drug-likeness (QED) is 0.742. The lowest BCUT2D eigenvalue weighted by molar-refractivity contribution is -0.0142. The Morgan fingerprint density at radius 2 is 1.89 bits per heavy atom. The van der Waals surface area contributed by atoms with E-state index in [1.165, 1.54) is 31.2 Å². The van der Waals surface area contributed by atoms with Crippen LogP contribution in [0.3, 0.4) is 0 Å². The highest BCUT2D eigenvalue weighted by Crippen LogP contribution is 2.39. The molecule has 2 heteroatoms. The molecule has 0 aromatic heterocycles. The van der Waals surface area contributed by atoms with Gasteiger partial charge in [0, 0.05) is 0 Å². The van der Waals surface area contributed by atoms with Crippen LogP contribution in [0, 0.1) is 6.92 Å². The predicted molar refractivity (Wildman–Crippen MR) is 76.2 cm³/mol.